The lowest BCUT2D eigenvalue weighted by molar-refractivity contribution is 0.0697. The molecule has 0 radical (unpaired) electrons. The second-order valence-corrected chi connectivity index (χ2v) is 6.16. The number of benzene rings is 2. The van der Waals surface area contributed by atoms with Crippen LogP contribution in [0.15, 0.2) is 48.0 Å². The number of carbonyl (C=O) groups excluding carboxylic acids is 1. The molecule has 1 N–H and O–H groups in total. The van der Waals surface area contributed by atoms with Crippen LogP contribution in [0.4, 0.5) is 5.69 Å². The summed E-state index contributed by atoms with van der Waals surface area (Å²) in [6.45, 7) is 0. The highest BCUT2D eigenvalue weighted by Gasteiger charge is 2.23. The number of nitrogens with zero attached hydrogens (tertiary/aromatic N) is 1. The highest BCUT2D eigenvalue weighted by molar-refractivity contribution is 6.14. The van der Waals surface area contributed by atoms with Crippen LogP contribution >= 0.6 is 0 Å². The summed E-state index contributed by atoms with van der Waals surface area (Å²) in [6.07, 6.45) is 3.33. The largest absolute Gasteiger partial charge is 0.478 e. The minimum atomic E-state index is -1.01. The molecule has 0 heterocycles. The van der Waals surface area contributed by atoms with Crippen LogP contribution in [-0.4, -0.2) is 31.0 Å². The van der Waals surface area contributed by atoms with Gasteiger partial charge in [-0.3, -0.25) is 4.79 Å². The molecule has 4 nitrogen and oxygen atoms in total. The van der Waals surface area contributed by atoms with Crippen LogP contribution in [0, 0.1) is 0 Å². The Balaban J connectivity index is 1.92. The van der Waals surface area contributed by atoms with Crippen LogP contribution in [0.3, 0.4) is 0 Å². The average Bonchev–Trinajstić information content (AvgIpc) is 2.57. The fourth-order valence-electron chi connectivity index (χ4n) is 2.90. The van der Waals surface area contributed by atoms with Crippen LogP contribution in [-0.2, 0) is 6.42 Å². The Morgan fingerprint density at radius 2 is 1.79 bits per heavy atom. The van der Waals surface area contributed by atoms with Gasteiger partial charge < -0.3 is 10.0 Å². The smallest absolute Gasteiger partial charge is 0.335 e. The molecule has 24 heavy (non-hydrogen) atoms. The third-order valence-corrected chi connectivity index (χ3v) is 4.31. The van der Waals surface area contributed by atoms with Gasteiger partial charge in [0.1, 0.15) is 0 Å². The fourth-order valence-corrected chi connectivity index (χ4v) is 2.90. The molecule has 0 atom stereocenters. The van der Waals surface area contributed by atoms with E-state index in [2.05, 4.69) is 0 Å². The zero-order valence-electron chi connectivity index (χ0n) is 13.7. The maximum Gasteiger partial charge on any atom is 0.335 e. The maximum absolute atomic E-state index is 12.7. The van der Waals surface area contributed by atoms with Gasteiger partial charge >= 0.3 is 5.97 Å². The average molecular weight is 321 g/mol. The summed E-state index contributed by atoms with van der Waals surface area (Å²) in [6, 6.07) is 12.8. The van der Waals surface area contributed by atoms with Gasteiger partial charge in [-0.2, -0.15) is 0 Å². The van der Waals surface area contributed by atoms with Crippen LogP contribution < -0.4 is 4.90 Å². The van der Waals surface area contributed by atoms with Gasteiger partial charge in [-0.15, -0.1) is 0 Å². The Kier molecular flexibility index (Phi) is 4.21. The van der Waals surface area contributed by atoms with Crippen molar-refractivity contribution in [2.24, 2.45) is 0 Å². The summed E-state index contributed by atoms with van der Waals surface area (Å²) in [5, 5.41) is 9.11. The third-order valence-electron chi connectivity index (χ3n) is 4.31. The topological polar surface area (TPSA) is 57.6 Å². The van der Waals surface area contributed by atoms with Gasteiger partial charge in [0.25, 0.3) is 0 Å². The SMILES string of the molecule is CN(C)c1ccc(C=C2CCc3ccc(C(=O)O)cc3C2=O)cc1. The first-order valence-corrected chi connectivity index (χ1v) is 7.84. The van der Waals surface area contributed by atoms with Crippen molar-refractivity contribution in [1.82, 2.24) is 0 Å². The molecule has 0 aliphatic heterocycles. The van der Waals surface area contributed by atoms with Crippen LogP contribution in [0.1, 0.15) is 38.3 Å². The van der Waals surface area contributed by atoms with E-state index in [-0.39, 0.29) is 11.3 Å². The molecule has 0 saturated heterocycles. The van der Waals surface area contributed by atoms with E-state index in [1.54, 1.807) is 12.1 Å². The quantitative estimate of drug-likeness (QED) is 0.877. The monoisotopic (exact) mass is 321 g/mol. The van der Waals surface area contributed by atoms with Crippen molar-refractivity contribution in [3.05, 3.63) is 70.3 Å². The van der Waals surface area contributed by atoms with Crippen LogP contribution in [0.2, 0.25) is 0 Å². The Labute approximate surface area is 141 Å². The number of ketones is 1. The summed E-state index contributed by atoms with van der Waals surface area (Å²) < 4.78 is 0. The molecule has 0 saturated carbocycles. The lowest BCUT2D eigenvalue weighted by Gasteiger charge is -2.18. The first-order chi connectivity index (χ1) is 11.5. The summed E-state index contributed by atoms with van der Waals surface area (Å²) in [7, 11) is 3.96. The molecule has 1 aliphatic rings. The van der Waals surface area contributed by atoms with Gasteiger partial charge in [0.05, 0.1) is 5.56 Å². The number of carboxylic acids is 1. The number of carbonyl (C=O) groups is 2. The van der Waals surface area contributed by atoms with Crippen molar-refractivity contribution in [2.75, 3.05) is 19.0 Å². The van der Waals surface area contributed by atoms with Gasteiger partial charge in [0.2, 0.25) is 0 Å². The highest BCUT2D eigenvalue weighted by atomic mass is 16.4. The fraction of sp³-hybridized carbons (Fsp3) is 0.200. The summed E-state index contributed by atoms with van der Waals surface area (Å²) >= 11 is 0. The van der Waals surface area contributed by atoms with Crippen LogP contribution in [0.25, 0.3) is 6.08 Å². The highest BCUT2D eigenvalue weighted by Crippen LogP contribution is 2.28. The van der Waals surface area contributed by atoms with E-state index in [0.29, 0.717) is 12.0 Å². The molecule has 0 unspecified atom stereocenters. The minimum Gasteiger partial charge on any atom is -0.478 e. The number of fused-ring (bicyclic) bond motifs is 1. The van der Waals surface area contributed by atoms with Crippen LogP contribution in [0.5, 0.6) is 0 Å². The van der Waals surface area contributed by atoms with E-state index < -0.39 is 5.97 Å². The predicted octanol–water partition coefficient (Wildman–Crippen LogP) is 3.66. The molecular weight excluding hydrogens is 302 g/mol. The van der Waals surface area contributed by atoms with Crippen molar-refractivity contribution in [2.45, 2.75) is 12.8 Å². The number of anilines is 1. The number of allylic oxidation sites excluding steroid dienone is 1. The standard InChI is InChI=1S/C20H19NO3/c1-21(2)17-9-3-13(4-10-17)11-15-7-5-14-6-8-16(20(23)24)12-18(14)19(15)22/h3-4,6,8-12H,5,7H2,1-2H3,(H,23,24). The molecule has 2 aromatic rings. The zero-order chi connectivity index (χ0) is 17.3. The molecule has 2 aromatic carbocycles. The van der Waals surface area contributed by atoms with Gasteiger partial charge in [-0.25, -0.2) is 4.79 Å². The van der Waals surface area contributed by atoms with Crippen molar-refractivity contribution in [1.29, 1.82) is 0 Å². The molecule has 0 spiro atoms. The first-order valence-electron chi connectivity index (χ1n) is 7.84. The van der Waals surface area contributed by atoms with E-state index in [1.807, 2.05) is 49.3 Å². The second kappa shape index (κ2) is 6.32. The van der Waals surface area contributed by atoms with Crippen molar-refractivity contribution >= 4 is 23.5 Å². The van der Waals surface area contributed by atoms with Gasteiger partial charge in [-0.05, 0) is 54.3 Å². The predicted molar refractivity (Wildman–Crippen MR) is 94.8 cm³/mol. The lowest BCUT2D eigenvalue weighted by atomic mass is 9.85. The maximum atomic E-state index is 12.7. The first kappa shape index (κ1) is 16.0. The molecule has 0 aromatic heterocycles. The molecular formula is C20H19NO3. The summed E-state index contributed by atoms with van der Waals surface area (Å²) in [5.74, 6) is -1.09. The normalized spacial score (nSPS) is 15.2. The number of rotatable bonds is 3. The van der Waals surface area contributed by atoms with E-state index in [9.17, 15) is 9.59 Å². The van der Waals surface area contributed by atoms with Crippen molar-refractivity contribution in [3.63, 3.8) is 0 Å². The zero-order valence-corrected chi connectivity index (χ0v) is 13.7. The Bertz CT molecular complexity index is 832. The van der Waals surface area contributed by atoms with E-state index in [4.69, 9.17) is 5.11 Å². The number of Topliss-reactive ketones (excluding diaryl/α,β-unsaturated/α-hetero) is 1. The number of hydrogen-bond donors (Lipinski definition) is 1. The van der Waals surface area contributed by atoms with Gasteiger partial charge in [0, 0.05) is 30.9 Å². The Hall–Kier alpha value is -2.88. The van der Waals surface area contributed by atoms with Gasteiger partial charge in [-0.1, -0.05) is 18.2 Å². The number of aromatic carboxylic acids is 1. The second-order valence-electron chi connectivity index (χ2n) is 6.16. The van der Waals surface area contributed by atoms with E-state index >= 15 is 0 Å². The number of hydrogen-bond acceptors (Lipinski definition) is 3. The van der Waals surface area contributed by atoms with E-state index in [1.165, 1.54) is 6.07 Å². The molecule has 0 bridgehead atoms. The molecule has 3 rings (SSSR count). The molecule has 4 heteroatoms. The van der Waals surface area contributed by atoms with Crippen molar-refractivity contribution < 1.29 is 14.7 Å². The van der Waals surface area contributed by atoms with E-state index in [0.717, 1.165) is 28.8 Å². The Morgan fingerprint density at radius 3 is 2.42 bits per heavy atom. The minimum absolute atomic E-state index is 0.0731. The molecule has 122 valence electrons. The molecule has 1 aliphatic carbocycles. The van der Waals surface area contributed by atoms with Crippen molar-refractivity contribution in [3.8, 4) is 0 Å². The number of carboxylic acid groups (broad SMARTS) is 1. The Morgan fingerprint density at radius 1 is 1.08 bits per heavy atom. The molecule has 0 fully saturated rings. The molecule has 0 amide bonds. The third kappa shape index (κ3) is 3.08. The lowest BCUT2D eigenvalue weighted by Crippen LogP contribution is -2.15. The van der Waals surface area contributed by atoms with Gasteiger partial charge in [0.15, 0.2) is 5.78 Å². The summed E-state index contributed by atoms with van der Waals surface area (Å²) in [5.41, 5.74) is 4.38. The number of aryl methyl sites for hydroxylation is 1. The summed E-state index contributed by atoms with van der Waals surface area (Å²) in [4.78, 5) is 25.8.